The van der Waals surface area contributed by atoms with Crippen molar-refractivity contribution in [1.82, 2.24) is 10.2 Å². The van der Waals surface area contributed by atoms with Crippen LogP contribution in [0.2, 0.25) is 0 Å². The molecule has 0 bridgehead atoms. The maximum Gasteiger partial charge on any atom is 0.136 e. The molecule has 0 fully saturated rings. The lowest BCUT2D eigenvalue weighted by Gasteiger charge is -2.01. The van der Waals surface area contributed by atoms with Gasteiger partial charge in [-0.25, -0.2) is 0 Å². The molecule has 2 aromatic rings. The van der Waals surface area contributed by atoms with Crippen molar-refractivity contribution in [1.29, 1.82) is 0 Å². The molecule has 0 radical (unpaired) electrons. The fraction of sp³-hybridized carbons (Fsp3) is 0.400. The molecule has 0 aliphatic heterocycles. The summed E-state index contributed by atoms with van der Waals surface area (Å²) in [6.45, 7) is 4.86. The van der Waals surface area contributed by atoms with E-state index >= 15 is 0 Å². The Morgan fingerprint density at radius 3 is 2.35 bits per heavy atom. The molecule has 1 aromatic heterocycles. The van der Waals surface area contributed by atoms with Crippen LogP contribution in [0.4, 0.5) is 0 Å². The van der Waals surface area contributed by atoms with Crippen molar-refractivity contribution in [3.05, 3.63) is 53.3 Å². The molecule has 0 saturated heterocycles. The normalized spacial score (nSPS) is 10.0. The standard InChI is InChI=1S/C20H24N2O/c1-3-5-6-7-8-18-13-14-19(22-21-18)12-9-17-10-15-20(16-11-17)23-4-2/h10-11,13-16H,3-8H2,1-2H3. The fourth-order valence-electron chi connectivity index (χ4n) is 2.23. The SMILES string of the molecule is CCCCCCc1ccc(C#Cc2ccc(OCC)cc2)nn1. The van der Waals surface area contributed by atoms with E-state index in [1.807, 2.05) is 43.3 Å². The lowest BCUT2D eigenvalue weighted by Crippen LogP contribution is -1.95. The van der Waals surface area contributed by atoms with Gasteiger partial charge in [-0.1, -0.05) is 32.1 Å². The Balaban J connectivity index is 1.90. The molecular formula is C20H24N2O. The molecule has 0 amide bonds. The summed E-state index contributed by atoms with van der Waals surface area (Å²) in [5.41, 5.74) is 2.70. The Hall–Kier alpha value is -2.34. The number of ether oxygens (including phenoxy) is 1. The first-order valence-corrected chi connectivity index (χ1v) is 8.39. The molecule has 0 N–H and O–H groups in total. The quantitative estimate of drug-likeness (QED) is 0.562. The maximum absolute atomic E-state index is 5.41. The van der Waals surface area contributed by atoms with Gasteiger partial charge in [-0.2, -0.15) is 5.10 Å². The number of nitrogens with zero attached hydrogens (tertiary/aromatic N) is 2. The van der Waals surface area contributed by atoms with Gasteiger partial charge in [-0.3, -0.25) is 0 Å². The van der Waals surface area contributed by atoms with Gasteiger partial charge < -0.3 is 4.74 Å². The molecule has 0 aliphatic rings. The largest absolute Gasteiger partial charge is 0.494 e. The number of benzene rings is 1. The molecule has 120 valence electrons. The molecule has 0 saturated carbocycles. The number of aromatic nitrogens is 2. The predicted octanol–water partition coefficient (Wildman–Crippen LogP) is 4.40. The monoisotopic (exact) mass is 308 g/mol. The van der Waals surface area contributed by atoms with E-state index in [0.29, 0.717) is 12.3 Å². The highest BCUT2D eigenvalue weighted by Gasteiger charge is 1.97. The topological polar surface area (TPSA) is 35.0 Å². The summed E-state index contributed by atoms with van der Waals surface area (Å²) in [7, 11) is 0. The van der Waals surface area contributed by atoms with Crippen molar-refractivity contribution < 1.29 is 4.74 Å². The molecule has 1 heterocycles. The summed E-state index contributed by atoms with van der Waals surface area (Å²) < 4.78 is 5.41. The van der Waals surface area contributed by atoms with Crippen LogP contribution in [0.25, 0.3) is 0 Å². The lowest BCUT2D eigenvalue weighted by molar-refractivity contribution is 0.340. The van der Waals surface area contributed by atoms with Crippen LogP contribution < -0.4 is 4.74 Å². The Labute approximate surface area is 139 Å². The van der Waals surface area contributed by atoms with Crippen molar-refractivity contribution >= 4 is 0 Å². The molecule has 3 heteroatoms. The van der Waals surface area contributed by atoms with Crippen LogP contribution in [0.1, 0.15) is 56.5 Å². The Bertz CT molecular complexity index is 636. The highest BCUT2D eigenvalue weighted by molar-refractivity contribution is 5.42. The number of hydrogen-bond acceptors (Lipinski definition) is 3. The van der Waals surface area contributed by atoms with Crippen molar-refractivity contribution in [2.45, 2.75) is 46.0 Å². The van der Waals surface area contributed by atoms with Gasteiger partial charge in [0.15, 0.2) is 0 Å². The number of rotatable bonds is 7. The zero-order chi connectivity index (χ0) is 16.3. The number of hydrogen-bond donors (Lipinski definition) is 0. The zero-order valence-corrected chi connectivity index (χ0v) is 14.0. The molecule has 0 aliphatic carbocycles. The van der Waals surface area contributed by atoms with E-state index in [4.69, 9.17) is 4.74 Å². The van der Waals surface area contributed by atoms with Crippen molar-refractivity contribution in [3.8, 4) is 17.6 Å². The van der Waals surface area contributed by atoms with Crippen LogP contribution in [-0.2, 0) is 6.42 Å². The molecule has 3 nitrogen and oxygen atoms in total. The summed E-state index contributed by atoms with van der Waals surface area (Å²) in [6, 6.07) is 11.7. The minimum absolute atomic E-state index is 0.672. The third kappa shape index (κ3) is 6.12. The van der Waals surface area contributed by atoms with E-state index in [-0.39, 0.29) is 0 Å². The van der Waals surface area contributed by atoms with Crippen LogP contribution >= 0.6 is 0 Å². The van der Waals surface area contributed by atoms with Gasteiger partial charge in [0.25, 0.3) is 0 Å². The third-order valence-electron chi connectivity index (χ3n) is 3.51. The van der Waals surface area contributed by atoms with Gasteiger partial charge in [-0.15, -0.1) is 5.10 Å². The van der Waals surface area contributed by atoms with E-state index in [2.05, 4.69) is 29.0 Å². The molecular weight excluding hydrogens is 284 g/mol. The fourth-order valence-corrected chi connectivity index (χ4v) is 2.23. The van der Waals surface area contributed by atoms with E-state index in [0.717, 1.165) is 23.4 Å². The first kappa shape index (κ1) is 17.0. The van der Waals surface area contributed by atoms with E-state index in [1.165, 1.54) is 25.7 Å². The Kier molecular flexibility index (Phi) is 7.13. The highest BCUT2D eigenvalue weighted by Crippen LogP contribution is 2.11. The maximum atomic E-state index is 5.41. The average molecular weight is 308 g/mol. The number of unbranched alkanes of at least 4 members (excludes halogenated alkanes) is 3. The molecule has 1 aromatic carbocycles. The van der Waals surface area contributed by atoms with Gasteiger partial charge in [0.2, 0.25) is 0 Å². The lowest BCUT2D eigenvalue weighted by atomic mass is 10.1. The van der Waals surface area contributed by atoms with Gasteiger partial charge in [0.05, 0.1) is 12.3 Å². The third-order valence-corrected chi connectivity index (χ3v) is 3.51. The van der Waals surface area contributed by atoms with Gasteiger partial charge in [-0.05, 0) is 62.1 Å². The first-order valence-electron chi connectivity index (χ1n) is 8.39. The van der Waals surface area contributed by atoms with Gasteiger partial charge in [0, 0.05) is 5.56 Å². The summed E-state index contributed by atoms with van der Waals surface area (Å²) in [5, 5.41) is 8.45. The highest BCUT2D eigenvalue weighted by atomic mass is 16.5. The van der Waals surface area contributed by atoms with Crippen molar-refractivity contribution in [2.24, 2.45) is 0 Å². The molecule has 2 rings (SSSR count). The first-order chi connectivity index (χ1) is 11.3. The van der Waals surface area contributed by atoms with Crippen molar-refractivity contribution in [2.75, 3.05) is 6.61 Å². The average Bonchev–Trinajstić information content (AvgIpc) is 2.59. The summed E-state index contributed by atoms with van der Waals surface area (Å²) >= 11 is 0. The molecule has 23 heavy (non-hydrogen) atoms. The minimum atomic E-state index is 0.672. The summed E-state index contributed by atoms with van der Waals surface area (Å²) in [5.74, 6) is 7.02. The molecule has 0 spiro atoms. The van der Waals surface area contributed by atoms with E-state index < -0.39 is 0 Å². The second-order valence-electron chi connectivity index (χ2n) is 5.43. The molecule has 0 atom stereocenters. The summed E-state index contributed by atoms with van der Waals surface area (Å²) in [6.07, 6.45) is 5.99. The van der Waals surface area contributed by atoms with Crippen molar-refractivity contribution in [3.63, 3.8) is 0 Å². The second-order valence-corrected chi connectivity index (χ2v) is 5.43. The molecule has 0 unspecified atom stereocenters. The Morgan fingerprint density at radius 2 is 1.70 bits per heavy atom. The van der Waals surface area contributed by atoms with Crippen LogP contribution in [0, 0.1) is 11.8 Å². The van der Waals surface area contributed by atoms with Crippen LogP contribution in [0.5, 0.6) is 5.75 Å². The van der Waals surface area contributed by atoms with Crippen LogP contribution in [0.3, 0.4) is 0 Å². The minimum Gasteiger partial charge on any atom is -0.494 e. The second kappa shape index (κ2) is 9.63. The zero-order valence-electron chi connectivity index (χ0n) is 14.0. The predicted molar refractivity (Wildman–Crippen MR) is 93.5 cm³/mol. The van der Waals surface area contributed by atoms with Gasteiger partial charge in [0.1, 0.15) is 11.4 Å². The van der Waals surface area contributed by atoms with Crippen LogP contribution in [0.15, 0.2) is 36.4 Å². The Morgan fingerprint density at radius 1 is 0.870 bits per heavy atom. The van der Waals surface area contributed by atoms with Gasteiger partial charge >= 0.3 is 0 Å². The van der Waals surface area contributed by atoms with E-state index in [9.17, 15) is 0 Å². The van der Waals surface area contributed by atoms with E-state index in [1.54, 1.807) is 0 Å². The number of aryl methyl sites for hydroxylation is 1. The van der Waals surface area contributed by atoms with Crippen LogP contribution in [-0.4, -0.2) is 16.8 Å². The summed E-state index contributed by atoms with van der Waals surface area (Å²) in [4.78, 5) is 0. The smallest absolute Gasteiger partial charge is 0.136 e.